The number of aromatic nitrogens is 4. The summed E-state index contributed by atoms with van der Waals surface area (Å²) in [6, 6.07) is 1.71. The molecule has 2 saturated carbocycles. The fourth-order valence-electron chi connectivity index (χ4n) is 9.13. The van der Waals surface area contributed by atoms with Crippen molar-refractivity contribution in [1.29, 1.82) is 0 Å². The molecule has 2 bridgehead atoms. The number of hydrogen-bond acceptors (Lipinski definition) is 8. The van der Waals surface area contributed by atoms with Gasteiger partial charge in [0.2, 0.25) is 0 Å². The Bertz CT molecular complexity index is 1310. The maximum absolute atomic E-state index is 15.7. The molecular formula is C31H45FN8O. The maximum Gasteiger partial charge on any atom is 0.188 e. The van der Waals surface area contributed by atoms with Gasteiger partial charge in [-0.2, -0.15) is 5.10 Å². The summed E-state index contributed by atoms with van der Waals surface area (Å²) in [5.41, 5.74) is 10.1. The lowest BCUT2D eigenvalue weighted by Gasteiger charge is -2.43. The molecule has 5 fully saturated rings. The molecular weight excluding hydrogens is 519 g/mol. The summed E-state index contributed by atoms with van der Waals surface area (Å²) < 4.78 is 23.4. The summed E-state index contributed by atoms with van der Waals surface area (Å²) in [5.74, 6) is 4.25. The number of hydrazine groups is 1. The molecule has 2 aliphatic carbocycles. The van der Waals surface area contributed by atoms with E-state index in [1.807, 2.05) is 14.2 Å². The standard InChI is InChI=1S/C31H45FN8O/c1-16-5-10-24-26(17(2)35-36-24)25(16)29-33-23-11-12-39(31-27(32)28(18-6-7-18)37-38(31)3)15-22(23)30(34-29)40-19-8-9-20(40)14-21(13-19)41-4/h16-21,24-26,35-36H,5-15H2,1-4H3/t16?,17?,19-,20+,21?,24?,25?,26?. The highest BCUT2D eigenvalue weighted by Gasteiger charge is 2.48. The van der Waals surface area contributed by atoms with Gasteiger partial charge in [-0.05, 0) is 64.2 Å². The zero-order valence-corrected chi connectivity index (χ0v) is 24.9. The lowest BCUT2D eigenvalue weighted by molar-refractivity contribution is 0.0681. The zero-order valence-electron chi connectivity index (χ0n) is 24.9. The van der Waals surface area contributed by atoms with Crippen LogP contribution in [0.3, 0.4) is 0 Å². The molecule has 3 saturated heterocycles. The fraction of sp³-hybridized carbons (Fsp3) is 0.774. The van der Waals surface area contributed by atoms with Crippen molar-refractivity contribution in [3.05, 3.63) is 28.6 Å². The lowest BCUT2D eigenvalue weighted by atomic mass is 9.68. The summed E-state index contributed by atoms with van der Waals surface area (Å²) in [7, 11) is 3.74. The average Bonchev–Trinajstić information content (AvgIpc) is 3.62. The molecule has 2 aromatic heterocycles. The summed E-state index contributed by atoms with van der Waals surface area (Å²) in [6.07, 6.45) is 10.0. The Morgan fingerprint density at radius 1 is 0.976 bits per heavy atom. The van der Waals surface area contributed by atoms with Crippen LogP contribution in [-0.2, 0) is 24.8 Å². The predicted octanol–water partition coefficient (Wildman–Crippen LogP) is 3.93. The predicted molar refractivity (Wildman–Crippen MR) is 155 cm³/mol. The number of nitrogens with one attached hydrogen (secondary N) is 2. The second-order valence-corrected chi connectivity index (χ2v) is 13.9. The van der Waals surface area contributed by atoms with E-state index in [2.05, 4.69) is 39.6 Å². The molecule has 0 aromatic carbocycles. The molecule has 41 heavy (non-hydrogen) atoms. The number of rotatable bonds is 5. The number of anilines is 2. The molecule has 6 aliphatic rings. The van der Waals surface area contributed by atoms with Crippen molar-refractivity contribution >= 4 is 11.6 Å². The third-order valence-corrected chi connectivity index (χ3v) is 11.4. The lowest BCUT2D eigenvalue weighted by Crippen LogP contribution is -2.47. The molecule has 10 heteroatoms. The Labute approximate surface area is 242 Å². The number of halogens is 1. The highest BCUT2D eigenvalue weighted by molar-refractivity contribution is 5.58. The second-order valence-electron chi connectivity index (χ2n) is 13.9. The van der Waals surface area contributed by atoms with Crippen LogP contribution in [0.1, 0.15) is 99.8 Å². The minimum Gasteiger partial charge on any atom is -0.381 e. The molecule has 8 atom stereocenters. The van der Waals surface area contributed by atoms with Crippen LogP contribution in [0, 0.1) is 17.7 Å². The number of methoxy groups -OCH3 is 1. The highest BCUT2D eigenvalue weighted by atomic mass is 19.1. The van der Waals surface area contributed by atoms with Crippen LogP contribution < -0.4 is 20.7 Å². The van der Waals surface area contributed by atoms with Gasteiger partial charge in [-0.25, -0.2) is 19.0 Å². The van der Waals surface area contributed by atoms with Gasteiger partial charge in [0.05, 0.1) is 11.8 Å². The molecule has 6 heterocycles. The number of hydrogen-bond donors (Lipinski definition) is 2. The van der Waals surface area contributed by atoms with Gasteiger partial charge < -0.3 is 14.5 Å². The van der Waals surface area contributed by atoms with Crippen molar-refractivity contribution in [3.8, 4) is 0 Å². The highest BCUT2D eigenvalue weighted by Crippen LogP contribution is 2.48. The van der Waals surface area contributed by atoms with Crippen LogP contribution in [0.5, 0.6) is 0 Å². The summed E-state index contributed by atoms with van der Waals surface area (Å²) in [6.45, 7) is 6.06. The molecule has 0 amide bonds. The van der Waals surface area contributed by atoms with Crippen molar-refractivity contribution in [2.75, 3.05) is 23.5 Å². The normalized spacial score (nSPS) is 36.5. The summed E-state index contributed by atoms with van der Waals surface area (Å²) in [4.78, 5) is 15.8. The quantitative estimate of drug-likeness (QED) is 0.566. The minimum atomic E-state index is -0.129. The maximum atomic E-state index is 15.7. The van der Waals surface area contributed by atoms with Gasteiger partial charge >= 0.3 is 0 Å². The van der Waals surface area contributed by atoms with Crippen LogP contribution in [0.15, 0.2) is 0 Å². The molecule has 6 unspecified atom stereocenters. The number of aryl methyl sites for hydroxylation is 1. The fourth-order valence-corrected chi connectivity index (χ4v) is 9.13. The van der Waals surface area contributed by atoms with Gasteiger partial charge in [-0.15, -0.1) is 0 Å². The molecule has 2 N–H and O–H groups in total. The smallest absolute Gasteiger partial charge is 0.188 e. The minimum absolute atomic E-state index is 0.129. The zero-order chi connectivity index (χ0) is 28.0. The van der Waals surface area contributed by atoms with E-state index in [9.17, 15) is 0 Å². The summed E-state index contributed by atoms with van der Waals surface area (Å²) in [5, 5.41) is 4.62. The molecule has 2 aromatic rings. The molecule has 0 spiro atoms. The Kier molecular flexibility index (Phi) is 6.34. The number of nitrogens with zero attached hydrogens (tertiary/aromatic N) is 6. The van der Waals surface area contributed by atoms with Crippen LogP contribution in [0.2, 0.25) is 0 Å². The van der Waals surface area contributed by atoms with Crippen molar-refractivity contribution in [2.45, 2.75) is 120 Å². The van der Waals surface area contributed by atoms with E-state index >= 15 is 4.39 Å². The van der Waals surface area contributed by atoms with Gasteiger partial charge in [0.15, 0.2) is 11.6 Å². The van der Waals surface area contributed by atoms with Gasteiger partial charge in [0, 0.05) is 81.2 Å². The first-order valence-electron chi connectivity index (χ1n) is 16.1. The Hall–Kier alpha value is -2.30. The first kappa shape index (κ1) is 26.3. The topological polar surface area (TPSA) is 83.4 Å². The van der Waals surface area contributed by atoms with Crippen molar-refractivity contribution in [3.63, 3.8) is 0 Å². The van der Waals surface area contributed by atoms with Crippen LogP contribution in [-0.4, -0.2) is 63.7 Å². The van der Waals surface area contributed by atoms with Crippen LogP contribution in [0.4, 0.5) is 16.0 Å². The second kappa shape index (κ2) is 9.88. The van der Waals surface area contributed by atoms with Gasteiger partial charge in [-0.1, -0.05) is 6.92 Å². The van der Waals surface area contributed by atoms with E-state index in [1.54, 1.807) is 4.68 Å². The molecule has 222 valence electrons. The monoisotopic (exact) mass is 564 g/mol. The first-order valence-corrected chi connectivity index (χ1v) is 16.1. The first-order chi connectivity index (χ1) is 19.9. The molecule has 4 aliphatic heterocycles. The Balaban J connectivity index is 1.21. The van der Waals surface area contributed by atoms with Crippen LogP contribution >= 0.6 is 0 Å². The van der Waals surface area contributed by atoms with E-state index in [0.29, 0.717) is 66.1 Å². The van der Waals surface area contributed by atoms with Gasteiger partial charge in [-0.3, -0.25) is 10.9 Å². The number of fused-ring (bicyclic) bond motifs is 4. The largest absolute Gasteiger partial charge is 0.381 e. The van der Waals surface area contributed by atoms with E-state index in [4.69, 9.17) is 14.7 Å². The summed E-state index contributed by atoms with van der Waals surface area (Å²) >= 11 is 0. The van der Waals surface area contributed by atoms with Crippen molar-refractivity contribution in [1.82, 2.24) is 30.6 Å². The van der Waals surface area contributed by atoms with E-state index in [1.165, 1.54) is 36.9 Å². The average molecular weight is 565 g/mol. The third-order valence-electron chi connectivity index (χ3n) is 11.4. The SMILES string of the molecule is COC1C[C@H]2CC[C@@H](C1)N2c1nc(C2C(C)CCC3NNC(C)C32)nc2c1CN(c1c(F)c(C3CC3)nn1C)CC2. The van der Waals surface area contributed by atoms with Crippen molar-refractivity contribution in [2.24, 2.45) is 18.9 Å². The van der Waals surface area contributed by atoms with E-state index < -0.39 is 0 Å². The molecule has 8 rings (SSSR count). The van der Waals surface area contributed by atoms with Crippen LogP contribution in [0.25, 0.3) is 0 Å². The van der Waals surface area contributed by atoms with E-state index in [0.717, 1.165) is 50.3 Å². The number of piperidine rings is 1. The van der Waals surface area contributed by atoms with E-state index in [-0.39, 0.29) is 11.7 Å². The van der Waals surface area contributed by atoms with Crippen molar-refractivity contribution < 1.29 is 9.13 Å². The molecule has 0 radical (unpaired) electrons. The molecule has 9 nitrogen and oxygen atoms in total. The van der Waals surface area contributed by atoms with Gasteiger partial charge in [0.25, 0.3) is 0 Å². The Morgan fingerprint density at radius 2 is 1.76 bits per heavy atom. The van der Waals surface area contributed by atoms with Gasteiger partial charge in [0.1, 0.15) is 17.3 Å². The number of ether oxygens (including phenoxy) is 1. The third kappa shape index (κ3) is 4.22. The Morgan fingerprint density at radius 3 is 2.49 bits per heavy atom.